The first-order chi connectivity index (χ1) is 15.2. The minimum Gasteiger partial charge on any atom is -0.497 e. The molecular weight excluding hydrogens is 409 g/mol. The molecule has 0 bridgehead atoms. The van der Waals surface area contributed by atoms with Crippen LogP contribution in [0.1, 0.15) is 22.8 Å². The summed E-state index contributed by atoms with van der Waals surface area (Å²) in [5.74, 6) is 0.626. The number of para-hydroxylation sites is 1. The summed E-state index contributed by atoms with van der Waals surface area (Å²) < 4.78 is 19.4. The van der Waals surface area contributed by atoms with Gasteiger partial charge < -0.3 is 9.64 Å². The molecule has 4 aromatic rings. The van der Waals surface area contributed by atoms with Crippen molar-refractivity contribution in [3.05, 3.63) is 90.0 Å². The van der Waals surface area contributed by atoms with Crippen molar-refractivity contribution in [2.24, 2.45) is 0 Å². The maximum absolute atomic E-state index is 13.9. The van der Waals surface area contributed by atoms with Crippen LogP contribution in [0.15, 0.2) is 78.0 Å². The van der Waals surface area contributed by atoms with Gasteiger partial charge in [0.25, 0.3) is 0 Å². The fourth-order valence-electron chi connectivity index (χ4n) is 4.07. The molecule has 1 aliphatic heterocycles. The lowest BCUT2D eigenvalue weighted by Gasteiger charge is -2.25. The molecule has 0 saturated heterocycles. The molecule has 6 heteroatoms. The maximum Gasteiger partial charge on any atom is 0.123 e. The number of nitrogens with zero attached hydrogens (tertiary/aromatic N) is 3. The molecule has 0 fully saturated rings. The number of halogens is 1. The van der Waals surface area contributed by atoms with Gasteiger partial charge in [0, 0.05) is 35.6 Å². The van der Waals surface area contributed by atoms with E-state index in [9.17, 15) is 4.39 Å². The molecule has 0 aliphatic carbocycles. The van der Waals surface area contributed by atoms with Gasteiger partial charge >= 0.3 is 0 Å². The molecule has 1 aliphatic rings. The van der Waals surface area contributed by atoms with Gasteiger partial charge in [-0.1, -0.05) is 24.3 Å². The Kier molecular flexibility index (Phi) is 5.47. The minimum absolute atomic E-state index is 0.166. The first-order valence-corrected chi connectivity index (χ1v) is 11.1. The number of rotatable bonds is 4. The highest BCUT2D eigenvalue weighted by atomic mass is 32.2. The molecule has 156 valence electrons. The van der Waals surface area contributed by atoms with Gasteiger partial charge in [-0.25, -0.2) is 4.39 Å². The molecule has 0 saturated carbocycles. The summed E-state index contributed by atoms with van der Waals surface area (Å²) in [5.41, 5.74) is 5.14. The van der Waals surface area contributed by atoms with Gasteiger partial charge in [-0.05, 0) is 53.9 Å². The van der Waals surface area contributed by atoms with Crippen LogP contribution < -0.4 is 9.64 Å². The zero-order chi connectivity index (χ0) is 21.2. The monoisotopic (exact) mass is 431 g/mol. The van der Waals surface area contributed by atoms with Gasteiger partial charge in [0.15, 0.2) is 0 Å². The quantitative estimate of drug-likeness (QED) is 0.395. The van der Waals surface area contributed by atoms with Gasteiger partial charge in [0.2, 0.25) is 0 Å². The molecule has 0 spiro atoms. The number of hydrogen-bond donors (Lipinski definition) is 0. The van der Waals surface area contributed by atoms with Crippen LogP contribution in [-0.2, 0) is 6.54 Å². The van der Waals surface area contributed by atoms with Crippen LogP contribution in [-0.4, -0.2) is 23.6 Å². The number of ether oxygens (including phenoxy) is 1. The average molecular weight is 432 g/mol. The highest BCUT2D eigenvalue weighted by Crippen LogP contribution is 2.46. The van der Waals surface area contributed by atoms with E-state index in [1.807, 2.05) is 24.3 Å². The molecule has 0 amide bonds. The average Bonchev–Trinajstić information content (AvgIpc) is 2.98. The fourth-order valence-corrected chi connectivity index (χ4v) is 5.39. The van der Waals surface area contributed by atoms with Crippen LogP contribution in [0.2, 0.25) is 0 Å². The highest BCUT2D eigenvalue weighted by Gasteiger charge is 2.25. The third-order valence-corrected chi connectivity index (χ3v) is 6.98. The topological polar surface area (TPSA) is 38.2 Å². The largest absolute Gasteiger partial charge is 0.497 e. The molecular formula is C25H22FN3OS. The number of benzene rings is 3. The summed E-state index contributed by atoms with van der Waals surface area (Å²) in [6.07, 6.45) is 4.37. The van der Waals surface area contributed by atoms with E-state index in [1.165, 1.54) is 6.07 Å². The Morgan fingerprint density at radius 1 is 1.06 bits per heavy atom. The zero-order valence-corrected chi connectivity index (χ0v) is 18.0. The third kappa shape index (κ3) is 4.08. The van der Waals surface area contributed by atoms with E-state index in [1.54, 1.807) is 43.4 Å². The number of methoxy groups -OCH3 is 1. The van der Waals surface area contributed by atoms with Gasteiger partial charge in [-0.2, -0.15) is 0 Å². The number of aromatic nitrogens is 2. The lowest BCUT2D eigenvalue weighted by molar-refractivity contribution is 0.413. The summed E-state index contributed by atoms with van der Waals surface area (Å²) >= 11 is 1.77. The molecule has 5 rings (SSSR count). The van der Waals surface area contributed by atoms with Crippen molar-refractivity contribution in [3.8, 4) is 5.75 Å². The van der Waals surface area contributed by atoms with Gasteiger partial charge in [0.05, 0.1) is 23.8 Å². The summed E-state index contributed by atoms with van der Waals surface area (Å²) in [6, 6.07) is 19.3. The predicted molar refractivity (Wildman–Crippen MR) is 123 cm³/mol. The molecule has 31 heavy (non-hydrogen) atoms. The van der Waals surface area contributed by atoms with Crippen molar-refractivity contribution in [2.75, 3.05) is 18.6 Å². The number of thioether (sulfide) groups is 1. The highest BCUT2D eigenvalue weighted by molar-refractivity contribution is 7.99. The summed E-state index contributed by atoms with van der Waals surface area (Å²) in [5, 5.41) is 0.166. The smallest absolute Gasteiger partial charge is 0.123 e. The van der Waals surface area contributed by atoms with Gasteiger partial charge in [0.1, 0.15) is 11.6 Å². The minimum atomic E-state index is -0.195. The van der Waals surface area contributed by atoms with Crippen LogP contribution in [0.4, 0.5) is 10.1 Å². The van der Waals surface area contributed by atoms with Crippen molar-refractivity contribution in [2.45, 2.75) is 23.1 Å². The van der Waals surface area contributed by atoms with E-state index in [2.05, 4.69) is 33.1 Å². The SMILES string of the molecule is COc1ccc2c(c1)SC(c1cccc(F)c1)CCN2Cc1cccc2nccnc12. The van der Waals surface area contributed by atoms with Crippen LogP contribution in [0, 0.1) is 5.82 Å². The zero-order valence-electron chi connectivity index (χ0n) is 17.2. The molecule has 2 heterocycles. The maximum atomic E-state index is 13.9. The van der Waals surface area contributed by atoms with Crippen molar-refractivity contribution < 1.29 is 9.13 Å². The first-order valence-electron chi connectivity index (χ1n) is 10.2. The number of fused-ring (bicyclic) bond motifs is 2. The van der Waals surface area contributed by atoms with Crippen molar-refractivity contribution in [1.29, 1.82) is 0 Å². The molecule has 0 radical (unpaired) electrons. The van der Waals surface area contributed by atoms with Crippen molar-refractivity contribution in [3.63, 3.8) is 0 Å². The Hall–Kier alpha value is -3.12. The second-order valence-electron chi connectivity index (χ2n) is 7.55. The Bertz CT molecular complexity index is 1230. The Balaban J connectivity index is 1.53. The predicted octanol–water partition coefficient (Wildman–Crippen LogP) is 6.02. The molecule has 3 aromatic carbocycles. The van der Waals surface area contributed by atoms with Crippen LogP contribution in [0.3, 0.4) is 0 Å². The van der Waals surface area contributed by atoms with E-state index in [0.29, 0.717) is 0 Å². The van der Waals surface area contributed by atoms with Crippen LogP contribution >= 0.6 is 11.8 Å². The van der Waals surface area contributed by atoms with Crippen molar-refractivity contribution in [1.82, 2.24) is 9.97 Å². The van der Waals surface area contributed by atoms with Gasteiger partial charge in [-0.15, -0.1) is 11.8 Å². The van der Waals surface area contributed by atoms with E-state index >= 15 is 0 Å². The molecule has 1 unspecified atom stereocenters. The van der Waals surface area contributed by atoms with E-state index in [4.69, 9.17) is 4.74 Å². The number of hydrogen-bond acceptors (Lipinski definition) is 5. The van der Waals surface area contributed by atoms with Crippen LogP contribution in [0.5, 0.6) is 5.75 Å². The summed E-state index contributed by atoms with van der Waals surface area (Å²) in [7, 11) is 1.68. The normalized spacial score (nSPS) is 16.1. The standard InChI is InChI=1S/C25H22FN3OS/c1-30-20-8-9-22-24(15-20)31-23(17-4-2-6-19(26)14-17)10-13-29(22)16-18-5-3-7-21-25(18)28-12-11-27-21/h2-9,11-12,14-15,23H,10,13,16H2,1H3. The third-order valence-electron chi connectivity index (χ3n) is 5.60. The number of anilines is 1. The lowest BCUT2D eigenvalue weighted by atomic mass is 10.1. The van der Waals surface area contributed by atoms with Crippen LogP contribution in [0.25, 0.3) is 11.0 Å². The molecule has 4 nitrogen and oxygen atoms in total. The summed E-state index contributed by atoms with van der Waals surface area (Å²) in [6.45, 7) is 1.58. The molecule has 1 atom stereocenters. The first kappa shape index (κ1) is 19.8. The fraction of sp³-hybridized carbons (Fsp3) is 0.200. The lowest BCUT2D eigenvalue weighted by Crippen LogP contribution is -2.24. The Labute approximate surface area is 185 Å². The second-order valence-corrected chi connectivity index (χ2v) is 8.79. The van der Waals surface area contributed by atoms with Gasteiger partial charge in [-0.3, -0.25) is 9.97 Å². The summed E-state index contributed by atoms with van der Waals surface area (Å²) in [4.78, 5) is 12.5. The van der Waals surface area contributed by atoms with E-state index in [-0.39, 0.29) is 11.1 Å². The Morgan fingerprint density at radius 2 is 1.94 bits per heavy atom. The van der Waals surface area contributed by atoms with Crippen molar-refractivity contribution >= 4 is 28.5 Å². The molecule has 0 N–H and O–H groups in total. The Morgan fingerprint density at radius 3 is 2.81 bits per heavy atom. The van der Waals surface area contributed by atoms with E-state index in [0.717, 1.165) is 58.0 Å². The molecule has 1 aromatic heterocycles. The van der Waals surface area contributed by atoms with E-state index < -0.39 is 0 Å². The second kappa shape index (κ2) is 8.55.